The van der Waals surface area contributed by atoms with Crippen LogP contribution in [0.1, 0.15) is 33.6 Å². The number of esters is 1. The van der Waals surface area contributed by atoms with E-state index in [4.69, 9.17) is 4.74 Å². The van der Waals surface area contributed by atoms with Crippen molar-refractivity contribution in [2.75, 3.05) is 48.3 Å². The van der Waals surface area contributed by atoms with E-state index in [1.165, 1.54) is 0 Å². The van der Waals surface area contributed by atoms with Crippen molar-refractivity contribution in [3.05, 3.63) is 18.2 Å². The van der Waals surface area contributed by atoms with Crippen LogP contribution in [-0.4, -0.2) is 79.5 Å². The molecule has 0 saturated carbocycles. The first kappa shape index (κ1) is 23.0. The largest absolute Gasteiger partial charge is 0.459 e. The van der Waals surface area contributed by atoms with E-state index in [0.717, 1.165) is 11.4 Å². The zero-order valence-electron chi connectivity index (χ0n) is 19.5. The summed E-state index contributed by atoms with van der Waals surface area (Å²) in [6.07, 6.45) is 0.722. The number of anilines is 3. The molecule has 2 atom stereocenters. The summed E-state index contributed by atoms with van der Waals surface area (Å²) in [5.74, 6) is -0.938. The lowest BCUT2D eigenvalue weighted by Gasteiger charge is -2.47. The molecule has 0 spiro atoms. The Morgan fingerprint density at radius 1 is 1.18 bits per heavy atom. The summed E-state index contributed by atoms with van der Waals surface area (Å²) in [5.41, 5.74) is 1.87. The smallest absolute Gasteiger partial charge is 0.320 e. The van der Waals surface area contributed by atoms with Crippen molar-refractivity contribution < 1.29 is 23.9 Å². The van der Waals surface area contributed by atoms with Gasteiger partial charge in [0.25, 0.3) is 5.91 Å². The lowest BCUT2D eigenvalue weighted by molar-refractivity contribution is -0.156. The van der Waals surface area contributed by atoms with Gasteiger partial charge < -0.3 is 19.9 Å². The van der Waals surface area contributed by atoms with Gasteiger partial charge in [0.2, 0.25) is 11.8 Å². The van der Waals surface area contributed by atoms with E-state index in [1.54, 1.807) is 11.9 Å². The van der Waals surface area contributed by atoms with Crippen LogP contribution < -0.4 is 20.4 Å². The van der Waals surface area contributed by atoms with Gasteiger partial charge in [-0.1, -0.05) is 0 Å². The third kappa shape index (κ3) is 4.95. The molecule has 178 valence electrons. The van der Waals surface area contributed by atoms with E-state index in [-0.39, 0.29) is 36.3 Å². The number of carbonyl (C=O) groups excluding carboxylic acids is 4. The highest BCUT2D eigenvalue weighted by Gasteiger charge is 2.41. The molecule has 2 saturated heterocycles. The van der Waals surface area contributed by atoms with Gasteiger partial charge in [-0.3, -0.25) is 29.4 Å². The van der Waals surface area contributed by atoms with E-state index in [0.29, 0.717) is 38.2 Å². The molecule has 0 bridgehead atoms. The van der Waals surface area contributed by atoms with Gasteiger partial charge in [-0.15, -0.1) is 0 Å². The Balaban J connectivity index is 1.47. The summed E-state index contributed by atoms with van der Waals surface area (Å²) in [4.78, 5) is 54.6. The molecule has 0 radical (unpaired) electrons. The lowest BCUT2D eigenvalue weighted by atomic mass is 10.0. The number of fused-ring (bicyclic) bond motifs is 3. The molecule has 0 aromatic heterocycles. The molecule has 0 aliphatic carbocycles. The lowest BCUT2D eigenvalue weighted by Crippen LogP contribution is -2.62. The fourth-order valence-electron chi connectivity index (χ4n) is 4.54. The maximum absolute atomic E-state index is 13.2. The number of hydrogen-bond donors (Lipinski definition) is 2. The van der Waals surface area contributed by atoms with Gasteiger partial charge in [0, 0.05) is 38.8 Å². The van der Waals surface area contributed by atoms with Crippen LogP contribution in [0.2, 0.25) is 0 Å². The van der Waals surface area contributed by atoms with Crippen molar-refractivity contribution in [2.24, 2.45) is 0 Å². The zero-order valence-corrected chi connectivity index (χ0v) is 19.5. The van der Waals surface area contributed by atoms with Crippen LogP contribution in [0.3, 0.4) is 0 Å². The predicted molar refractivity (Wildman–Crippen MR) is 123 cm³/mol. The van der Waals surface area contributed by atoms with Crippen LogP contribution in [-0.2, 0) is 23.9 Å². The molecule has 1 aromatic rings. The van der Waals surface area contributed by atoms with Crippen LogP contribution >= 0.6 is 0 Å². The number of amides is 3. The molecule has 33 heavy (non-hydrogen) atoms. The number of ether oxygens (including phenoxy) is 1. The van der Waals surface area contributed by atoms with Crippen molar-refractivity contribution in [1.29, 1.82) is 0 Å². The molecule has 10 heteroatoms. The van der Waals surface area contributed by atoms with Gasteiger partial charge in [-0.2, -0.15) is 0 Å². The number of piperazine rings is 1. The second-order valence-electron chi connectivity index (χ2n) is 9.78. The van der Waals surface area contributed by atoms with Gasteiger partial charge in [0.1, 0.15) is 17.7 Å². The average molecular weight is 458 g/mol. The van der Waals surface area contributed by atoms with E-state index >= 15 is 0 Å². The molecular weight excluding hydrogens is 426 g/mol. The van der Waals surface area contributed by atoms with Crippen molar-refractivity contribution >= 4 is 40.8 Å². The highest BCUT2D eigenvalue weighted by atomic mass is 16.6. The molecular formula is C23H31N5O5. The number of carbonyl (C=O) groups is 4. The summed E-state index contributed by atoms with van der Waals surface area (Å²) >= 11 is 0. The van der Waals surface area contributed by atoms with Crippen molar-refractivity contribution in [3.8, 4) is 0 Å². The topological polar surface area (TPSA) is 111 Å². The highest BCUT2D eigenvalue weighted by Crippen LogP contribution is 2.38. The minimum absolute atomic E-state index is 0.0467. The Hall–Kier alpha value is -3.14. The highest BCUT2D eigenvalue weighted by molar-refractivity contribution is 6.06. The van der Waals surface area contributed by atoms with Gasteiger partial charge in [-0.05, 0) is 45.4 Å². The number of imide groups is 1. The Bertz CT molecular complexity index is 988. The zero-order chi connectivity index (χ0) is 23.9. The Kier molecular flexibility index (Phi) is 6.04. The summed E-state index contributed by atoms with van der Waals surface area (Å²) < 4.78 is 5.43. The van der Waals surface area contributed by atoms with Gasteiger partial charge >= 0.3 is 5.97 Å². The Morgan fingerprint density at radius 3 is 2.64 bits per heavy atom. The standard InChI is InChI=1S/C23H31N5O5/c1-23(2,3)33-20(30)13-27-9-10-28-16-7-5-14(24-15-6-8-19(29)25-21(15)31)11-17(16)26(4)22(32)18(28)12-27/h5,7,11,15,18,24H,6,8-10,12-13H2,1-4H3,(H,25,29,31)/t15?,18-/m1/s1. The normalized spacial score (nSPS) is 23.6. The monoisotopic (exact) mass is 457 g/mol. The summed E-state index contributed by atoms with van der Waals surface area (Å²) in [6.45, 7) is 7.36. The SMILES string of the molecule is CN1C(=O)[C@H]2CN(CC(=O)OC(C)(C)C)CCN2c2ccc(NC3CCC(=O)NC3=O)cc21. The number of hydrogen-bond acceptors (Lipinski definition) is 8. The van der Waals surface area contributed by atoms with Crippen molar-refractivity contribution in [2.45, 2.75) is 51.3 Å². The summed E-state index contributed by atoms with van der Waals surface area (Å²) in [7, 11) is 1.74. The quantitative estimate of drug-likeness (QED) is 0.503. The Labute approximate surface area is 193 Å². The second kappa shape index (κ2) is 8.66. The van der Waals surface area contributed by atoms with Crippen LogP contribution in [0.5, 0.6) is 0 Å². The fourth-order valence-corrected chi connectivity index (χ4v) is 4.54. The first-order chi connectivity index (χ1) is 15.5. The van der Waals surface area contributed by atoms with Crippen molar-refractivity contribution in [3.63, 3.8) is 0 Å². The van der Waals surface area contributed by atoms with E-state index in [1.807, 2.05) is 43.9 Å². The minimum Gasteiger partial charge on any atom is -0.459 e. The molecule has 3 aliphatic rings. The maximum atomic E-state index is 13.2. The number of rotatable bonds is 4. The summed E-state index contributed by atoms with van der Waals surface area (Å²) in [5, 5.41) is 5.52. The first-order valence-electron chi connectivity index (χ1n) is 11.2. The third-order valence-electron chi connectivity index (χ3n) is 6.08. The van der Waals surface area contributed by atoms with Crippen LogP contribution in [0.4, 0.5) is 17.1 Å². The van der Waals surface area contributed by atoms with Crippen molar-refractivity contribution in [1.82, 2.24) is 10.2 Å². The fraction of sp³-hybridized carbons (Fsp3) is 0.565. The average Bonchev–Trinajstić information content (AvgIpc) is 2.72. The van der Waals surface area contributed by atoms with Gasteiger partial charge in [-0.25, -0.2) is 0 Å². The van der Waals surface area contributed by atoms with Crippen LogP contribution in [0, 0.1) is 0 Å². The van der Waals surface area contributed by atoms with Gasteiger partial charge in [0.15, 0.2) is 0 Å². The van der Waals surface area contributed by atoms with Crippen LogP contribution in [0.15, 0.2) is 18.2 Å². The molecule has 2 fully saturated rings. The minimum atomic E-state index is -0.543. The number of likely N-dealkylation sites (N-methyl/N-ethyl adjacent to an activating group) is 1. The number of piperidine rings is 1. The van der Waals surface area contributed by atoms with E-state index in [9.17, 15) is 19.2 Å². The van der Waals surface area contributed by atoms with E-state index in [2.05, 4.69) is 15.5 Å². The first-order valence-corrected chi connectivity index (χ1v) is 11.2. The predicted octanol–water partition coefficient (Wildman–Crippen LogP) is 0.712. The molecule has 3 amide bonds. The molecule has 10 nitrogen and oxygen atoms in total. The molecule has 1 unspecified atom stereocenters. The molecule has 1 aromatic carbocycles. The number of nitrogens with one attached hydrogen (secondary N) is 2. The third-order valence-corrected chi connectivity index (χ3v) is 6.08. The molecule has 3 heterocycles. The molecule has 4 rings (SSSR count). The van der Waals surface area contributed by atoms with E-state index < -0.39 is 11.6 Å². The number of benzene rings is 1. The summed E-state index contributed by atoms with van der Waals surface area (Å²) in [6, 6.07) is 4.82. The second-order valence-corrected chi connectivity index (χ2v) is 9.78. The number of nitrogens with zero attached hydrogens (tertiary/aromatic N) is 3. The van der Waals surface area contributed by atoms with Gasteiger partial charge in [0.05, 0.1) is 17.9 Å². The molecule has 3 aliphatic heterocycles. The maximum Gasteiger partial charge on any atom is 0.320 e. The van der Waals surface area contributed by atoms with Crippen LogP contribution in [0.25, 0.3) is 0 Å². The molecule has 2 N–H and O–H groups in total. The Morgan fingerprint density at radius 2 is 1.94 bits per heavy atom.